The fourth-order valence-corrected chi connectivity index (χ4v) is 2.31. The minimum Gasteiger partial charge on any atom is -0.370 e. The van der Waals surface area contributed by atoms with E-state index in [0.29, 0.717) is 5.69 Å². The summed E-state index contributed by atoms with van der Waals surface area (Å²) in [6.07, 6.45) is 5.19. The maximum Gasteiger partial charge on any atom is 0.290 e. The summed E-state index contributed by atoms with van der Waals surface area (Å²) < 4.78 is 0. The number of aryl methyl sites for hydroxylation is 1. The Labute approximate surface area is 100 Å². The van der Waals surface area contributed by atoms with Crippen LogP contribution < -0.4 is 5.32 Å². The number of pyridine rings is 1. The molecule has 17 heavy (non-hydrogen) atoms. The monoisotopic (exact) mass is 235 g/mol. The first-order chi connectivity index (χ1) is 8.16. The molecule has 5 heteroatoms. The topological polar surface area (TPSA) is 68.1 Å². The molecule has 0 aliphatic heterocycles. The number of anilines is 1. The zero-order valence-electron chi connectivity index (χ0n) is 9.98. The summed E-state index contributed by atoms with van der Waals surface area (Å²) >= 11 is 0. The second-order valence-corrected chi connectivity index (χ2v) is 4.59. The van der Waals surface area contributed by atoms with Crippen molar-refractivity contribution in [2.45, 2.75) is 32.6 Å². The lowest BCUT2D eigenvalue weighted by molar-refractivity contribution is -0.385. The summed E-state index contributed by atoms with van der Waals surface area (Å²) in [6.45, 7) is 2.59. The van der Waals surface area contributed by atoms with Gasteiger partial charge in [-0.15, -0.1) is 0 Å². The third-order valence-corrected chi connectivity index (χ3v) is 3.30. The van der Waals surface area contributed by atoms with Gasteiger partial charge in [-0.25, -0.2) is 4.98 Å². The summed E-state index contributed by atoms with van der Waals surface area (Å²) in [5.41, 5.74) is 0.544. The van der Waals surface area contributed by atoms with E-state index in [4.69, 9.17) is 0 Å². The SMILES string of the molecule is Cc1nc(NCC2CCCC2)ccc1[N+](=O)[O-]. The van der Waals surface area contributed by atoms with E-state index in [-0.39, 0.29) is 5.69 Å². The van der Waals surface area contributed by atoms with Crippen LogP contribution in [0.5, 0.6) is 0 Å². The molecule has 5 nitrogen and oxygen atoms in total. The summed E-state index contributed by atoms with van der Waals surface area (Å²) in [7, 11) is 0. The van der Waals surface area contributed by atoms with Gasteiger partial charge in [0.2, 0.25) is 0 Å². The summed E-state index contributed by atoms with van der Waals surface area (Å²) in [6, 6.07) is 3.19. The van der Waals surface area contributed by atoms with Gasteiger partial charge in [0.05, 0.1) is 4.92 Å². The maximum atomic E-state index is 10.6. The van der Waals surface area contributed by atoms with Crippen LogP contribution in [0.4, 0.5) is 11.5 Å². The van der Waals surface area contributed by atoms with Crippen LogP contribution in [0.15, 0.2) is 12.1 Å². The van der Waals surface area contributed by atoms with Crippen LogP contribution in [0.1, 0.15) is 31.4 Å². The normalized spacial score (nSPS) is 16.1. The highest BCUT2D eigenvalue weighted by Crippen LogP contribution is 2.25. The van der Waals surface area contributed by atoms with E-state index >= 15 is 0 Å². The molecule has 0 radical (unpaired) electrons. The molecule has 1 fully saturated rings. The molecule has 0 spiro atoms. The lowest BCUT2D eigenvalue weighted by Crippen LogP contribution is -2.12. The van der Waals surface area contributed by atoms with Crippen molar-refractivity contribution in [2.24, 2.45) is 5.92 Å². The van der Waals surface area contributed by atoms with Crippen molar-refractivity contribution in [3.8, 4) is 0 Å². The highest BCUT2D eigenvalue weighted by Gasteiger charge is 2.15. The van der Waals surface area contributed by atoms with E-state index in [1.165, 1.54) is 31.7 Å². The second-order valence-electron chi connectivity index (χ2n) is 4.59. The first-order valence-corrected chi connectivity index (χ1v) is 6.02. The van der Waals surface area contributed by atoms with Crippen LogP contribution >= 0.6 is 0 Å². The number of nitrogens with zero attached hydrogens (tertiary/aromatic N) is 2. The van der Waals surface area contributed by atoms with Crippen LogP contribution in [-0.4, -0.2) is 16.5 Å². The van der Waals surface area contributed by atoms with Gasteiger partial charge in [0.1, 0.15) is 11.5 Å². The van der Waals surface area contributed by atoms with Gasteiger partial charge in [-0.1, -0.05) is 12.8 Å². The average Bonchev–Trinajstić information content (AvgIpc) is 2.78. The zero-order valence-corrected chi connectivity index (χ0v) is 9.98. The molecule has 1 N–H and O–H groups in total. The van der Waals surface area contributed by atoms with Gasteiger partial charge < -0.3 is 5.32 Å². The Morgan fingerprint density at radius 2 is 2.18 bits per heavy atom. The molecular formula is C12H17N3O2. The number of hydrogen-bond donors (Lipinski definition) is 1. The molecule has 0 aromatic carbocycles. The van der Waals surface area contributed by atoms with Crippen molar-refractivity contribution in [2.75, 3.05) is 11.9 Å². The van der Waals surface area contributed by atoms with Gasteiger partial charge in [0.15, 0.2) is 0 Å². The summed E-state index contributed by atoms with van der Waals surface area (Å²) in [5, 5.41) is 13.9. The smallest absolute Gasteiger partial charge is 0.290 e. The summed E-state index contributed by atoms with van der Waals surface area (Å²) in [4.78, 5) is 14.4. The molecule has 0 bridgehead atoms. The third-order valence-electron chi connectivity index (χ3n) is 3.30. The highest BCUT2D eigenvalue weighted by atomic mass is 16.6. The average molecular weight is 235 g/mol. The Bertz CT molecular complexity index is 414. The predicted molar refractivity (Wildman–Crippen MR) is 66.1 cm³/mol. The Kier molecular flexibility index (Phi) is 3.56. The van der Waals surface area contributed by atoms with Gasteiger partial charge in [-0.2, -0.15) is 0 Å². The van der Waals surface area contributed by atoms with E-state index in [2.05, 4.69) is 10.3 Å². The minimum atomic E-state index is -0.400. The van der Waals surface area contributed by atoms with Crippen LogP contribution in [0.2, 0.25) is 0 Å². The molecule has 0 amide bonds. The van der Waals surface area contributed by atoms with Crippen molar-refractivity contribution in [3.63, 3.8) is 0 Å². The lowest BCUT2D eigenvalue weighted by atomic mass is 10.1. The van der Waals surface area contributed by atoms with Crippen molar-refractivity contribution in [3.05, 3.63) is 27.9 Å². The number of rotatable bonds is 4. The number of nitro groups is 1. The van der Waals surface area contributed by atoms with E-state index < -0.39 is 4.92 Å². The van der Waals surface area contributed by atoms with Gasteiger partial charge in [0, 0.05) is 12.6 Å². The quantitative estimate of drug-likeness (QED) is 0.643. The van der Waals surface area contributed by atoms with Crippen LogP contribution in [0, 0.1) is 23.0 Å². The third kappa shape index (κ3) is 2.93. The van der Waals surface area contributed by atoms with E-state index in [1.807, 2.05) is 0 Å². The lowest BCUT2D eigenvalue weighted by Gasteiger charge is -2.11. The molecule has 1 aromatic rings. The van der Waals surface area contributed by atoms with Gasteiger partial charge >= 0.3 is 0 Å². The Hall–Kier alpha value is -1.65. The largest absolute Gasteiger partial charge is 0.370 e. The van der Waals surface area contributed by atoms with Crippen LogP contribution in [0.3, 0.4) is 0 Å². The number of hydrogen-bond acceptors (Lipinski definition) is 4. The van der Waals surface area contributed by atoms with E-state index in [0.717, 1.165) is 18.3 Å². The molecule has 0 atom stereocenters. The molecule has 1 aromatic heterocycles. The van der Waals surface area contributed by atoms with E-state index in [1.54, 1.807) is 13.0 Å². The molecule has 1 aliphatic carbocycles. The first-order valence-electron chi connectivity index (χ1n) is 6.02. The van der Waals surface area contributed by atoms with Crippen LogP contribution in [-0.2, 0) is 0 Å². The fraction of sp³-hybridized carbons (Fsp3) is 0.583. The van der Waals surface area contributed by atoms with E-state index in [9.17, 15) is 10.1 Å². The van der Waals surface area contributed by atoms with Crippen molar-refractivity contribution in [1.29, 1.82) is 0 Å². The highest BCUT2D eigenvalue weighted by molar-refractivity contribution is 5.44. The number of aromatic nitrogens is 1. The van der Waals surface area contributed by atoms with Crippen molar-refractivity contribution < 1.29 is 4.92 Å². The minimum absolute atomic E-state index is 0.0800. The van der Waals surface area contributed by atoms with Crippen molar-refractivity contribution >= 4 is 11.5 Å². The molecule has 92 valence electrons. The molecular weight excluding hydrogens is 218 g/mol. The molecule has 0 unspecified atom stereocenters. The van der Waals surface area contributed by atoms with Crippen LogP contribution in [0.25, 0.3) is 0 Å². The maximum absolute atomic E-state index is 10.6. The second kappa shape index (κ2) is 5.12. The Balaban J connectivity index is 1.97. The molecule has 1 heterocycles. The molecule has 0 saturated heterocycles. The number of nitrogens with one attached hydrogen (secondary N) is 1. The molecule has 1 aliphatic rings. The molecule has 1 saturated carbocycles. The van der Waals surface area contributed by atoms with Gasteiger partial charge in [-0.3, -0.25) is 10.1 Å². The zero-order chi connectivity index (χ0) is 12.3. The first kappa shape index (κ1) is 11.8. The van der Waals surface area contributed by atoms with Gasteiger partial charge in [-0.05, 0) is 31.7 Å². The molecule has 2 rings (SSSR count). The predicted octanol–water partition coefficient (Wildman–Crippen LogP) is 2.90. The Morgan fingerprint density at radius 3 is 2.76 bits per heavy atom. The van der Waals surface area contributed by atoms with Crippen molar-refractivity contribution in [1.82, 2.24) is 4.98 Å². The summed E-state index contributed by atoms with van der Waals surface area (Å²) in [5.74, 6) is 1.47. The Morgan fingerprint density at radius 1 is 1.47 bits per heavy atom. The van der Waals surface area contributed by atoms with Gasteiger partial charge in [0.25, 0.3) is 5.69 Å². The standard InChI is InChI=1S/C12H17N3O2/c1-9-11(15(16)17)6-7-12(14-9)13-8-10-4-2-3-5-10/h6-7,10H,2-5,8H2,1H3,(H,13,14). The fourth-order valence-electron chi connectivity index (χ4n) is 2.31.